The average molecular weight is 126 g/mol. The van der Waals surface area contributed by atoms with Crippen molar-refractivity contribution in [1.82, 2.24) is 0 Å². The zero-order chi connectivity index (χ0) is 5.86. The van der Waals surface area contributed by atoms with Crippen LogP contribution in [0.2, 0.25) is 0 Å². The van der Waals surface area contributed by atoms with Gasteiger partial charge in [0, 0.05) is 6.54 Å². The van der Waals surface area contributed by atoms with E-state index in [0.29, 0.717) is 0 Å². The number of hydrogen-bond acceptors (Lipinski definition) is 4. The van der Waals surface area contributed by atoms with Gasteiger partial charge in [0.2, 0.25) is 0 Å². The van der Waals surface area contributed by atoms with Crippen LogP contribution in [-0.4, -0.2) is 18.6 Å². The van der Waals surface area contributed by atoms with Gasteiger partial charge in [0.15, 0.2) is 0 Å². The summed E-state index contributed by atoms with van der Waals surface area (Å²) in [5, 5.41) is 9.61. The maximum atomic E-state index is 9.61. The Hall–Kier alpha value is 0.390. The molecule has 4 nitrogen and oxygen atoms in total. The van der Waals surface area contributed by atoms with Crippen molar-refractivity contribution in [2.45, 2.75) is 6.04 Å². The van der Waals surface area contributed by atoms with Crippen LogP contribution in [-0.2, 0) is 4.79 Å². The molecule has 0 aromatic carbocycles. The van der Waals surface area contributed by atoms with Gasteiger partial charge in [-0.1, -0.05) is 0 Å². The largest absolute Gasteiger partial charge is 1.00 e. The van der Waals surface area contributed by atoms with E-state index < -0.39 is 12.0 Å². The SMILES string of the molecule is NC[C@@H](N)C(=O)[O-].[Na+]. The van der Waals surface area contributed by atoms with E-state index in [4.69, 9.17) is 11.5 Å². The van der Waals surface area contributed by atoms with E-state index in [1.807, 2.05) is 0 Å². The van der Waals surface area contributed by atoms with Crippen LogP contribution in [0.15, 0.2) is 0 Å². The molecule has 0 aliphatic rings. The molecule has 0 spiro atoms. The average Bonchev–Trinajstić information content (AvgIpc) is 1.65. The Morgan fingerprint density at radius 1 is 1.75 bits per heavy atom. The fraction of sp³-hybridized carbons (Fsp3) is 0.667. The van der Waals surface area contributed by atoms with E-state index in [2.05, 4.69) is 0 Å². The van der Waals surface area contributed by atoms with Gasteiger partial charge in [-0.25, -0.2) is 0 Å². The number of aliphatic carboxylic acids is 1. The smallest absolute Gasteiger partial charge is 0.548 e. The standard InChI is InChI=1S/C3H8N2O2.Na/c4-1-2(5)3(6)7;/h2H,1,4-5H2,(H,6,7);/q;+1/p-1/t2-;/m1./s1. The molecule has 0 bridgehead atoms. The van der Waals surface area contributed by atoms with Gasteiger partial charge in [-0.3, -0.25) is 0 Å². The molecule has 0 radical (unpaired) electrons. The van der Waals surface area contributed by atoms with Gasteiger partial charge < -0.3 is 21.4 Å². The predicted octanol–water partition coefficient (Wildman–Crippen LogP) is -5.97. The predicted molar refractivity (Wildman–Crippen MR) is 22.0 cm³/mol. The Bertz CT molecular complexity index is 77.7. The Labute approximate surface area is 69.5 Å². The van der Waals surface area contributed by atoms with Crippen molar-refractivity contribution in [3.8, 4) is 0 Å². The molecule has 0 aromatic heterocycles. The number of nitrogens with two attached hydrogens (primary N) is 2. The van der Waals surface area contributed by atoms with E-state index >= 15 is 0 Å². The van der Waals surface area contributed by atoms with Gasteiger partial charge in [-0.15, -0.1) is 0 Å². The van der Waals surface area contributed by atoms with E-state index in [0.717, 1.165) is 0 Å². The van der Waals surface area contributed by atoms with Gasteiger partial charge in [0.05, 0.1) is 12.0 Å². The number of carbonyl (C=O) groups is 1. The molecule has 0 heterocycles. The molecular formula is C3H7N2NaO2. The molecule has 0 rings (SSSR count). The third kappa shape index (κ3) is 4.55. The van der Waals surface area contributed by atoms with E-state index in [9.17, 15) is 9.90 Å². The molecule has 0 fully saturated rings. The fourth-order valence-electron chi connectivity index (χ4n) is 0.0962. The summed E-state index contributed by atoms with van der Waals surface area (Å²) in [6.07, 6.45) is 0. The minimum atomic E-state index is -1.30. The summed E-state index contributed by atoms with van der Waals surface area (Å²) >= 11 is 0. The molecule has 42 valence electrons. The van der Waals surface area contributed by atoms with Crippen molar-refractivity contribution < 1.29 is 39.5 Å². The molecule has 0 saturated heterocycles. The summed E-state index contributed by atoms with van der Waals surface area (Å²) in [6, 6.07) is -1.01. The van der Waals surface area contributed by atoms with Gasteiger partial charge in [-0.05, 0) is 0 Å². The molecule has 0 aliphatic carbocycles. The first-order chi connectivity index (χ1) is 3.18. The molecule has 8 heavy (non-hydrogen) atoms. The number of rotatable bonds is 2. The second kappa shape index (κ2) is 5.53. The maximum Gasteiger partial charge on any atom is 1.00 e. The minimum absolute atomic E-state index is 0. The molecule has 4 N–H and O–H groups in total. The summed E-state index contributed by atoms with van der Waals surface area (Å²) in [6.45, 7) is -0.0671. The number of carbonyl (C=O) groups excluding carboxylic acids is 1. The summed E-state index contributed by atoms with van der Waals surface area (Å²) in [5.41, 5.74) is 9.66. The second-order valence-electron chi connectivity index (χ2n) is 1.16. The van der Waals surface area contributed by atoms with Crippen LogP contribution in [0.25, 0.3) is 0 Å². The third-order valence-electron chi connectivity index (χ3n) is 0.557. The molecule has 0 saturated carbocycles. The van der Waals surface area contributed by atoms with Crippen LogP contribution in [0.1, 0.15) is 0 Å². The van der Waals surface area contributed by atoms with E-state index in [-0.39, 0.29) is 36.1 Å². The van der Waals surface area contributed by atoms with Crippen LogP contribution in [0.3, 0.4) is 0 Å². The van der Waals surface area contributed by atoms with Crippen LogP contribution in [0.5, 0.6) is 0 Å². The molecule has 1 atom stereocenters. The monoisotopic (exact) mass is 126 g/mol. The number of carboxylic acid groups (broad SMARTS) is 1. The maximum absolute atomic E-state index is 9.61. The summed E-state index contributed by atoms with van der Waals surface area (Å²) < 4.78 is 0. The van der Waals surface area contributed by atoms with Crippen molar-refractivity contribution in [3.05, 3.63) is 0 Å². The first-order valence-corrected chi connectivity index (χ1v) is 1.85. The van der Waals surface area contributed by atoms with Crippen molar-refractivity contribution >= 4 is 5.97 Å². The molecule has 0 aromatic rings. The number of carboxylic acids is 1. The fourth-order valence-corrected chi connectivity index (χ4v) is 0.0962. The van der Waals surface area contributed by atoms with Crippen LogP contribution in [0.4, 0.5) is 0 Å². The normalized spacial score (nSPS) is 11.8. The Morgan fingerprint density at radius 2 is 2.12 bits per heavy atom. The summed E-state index contributed by atoms with van der Waals surface area (Å²) in [4.78, 5) is 9.61. The molecule has 5 heteroatoms. The Kier molecular flexibility index (Phi) is 7.75. The molecule has 0 unspecified atom stereocenters. The molecule has 0 amide bonds. The van der Waals surface area contributed by atoms with Gasteiger partial charge in [0.25, 0.3) is 0 Å². The quantitative estimate of drug-likeness (QED) is 0.360. The zero-order valence-electron chi connectivity index (χ0n) is 4.76. The van der Waals surface area contributed by atoms with Crippen LogP contribution >= 0.6 is 0 Å². The summed E-state index contributed by atoms with van der Waals surface area (Å²) in [7, 11) is 0. The minimum Gasteiger partial charge on any atom is -0.548 e. The summed E-state index contributed by atoms with van der Waals surface area (Å²) in [5.74, 6) is -1.30. The Balaban J connectivity index is 0. The van der Waals surface area contributed by atoms with Crippen molar-refractivity contribution in [2.24, 2.45) is 11.5 Å². The number of hydrogen-bond donors (Lipinski definition) is 2. The topological polar surface area (TPSA) is 92.2 Å². The Morgan fingerprint density at radius 3 is 2.12 bits per heavy atom. The van der Waals surface area contributed by atoms with Crippen molar-refractivity contribution in [2.75, 3.05) is 6.54 Å². The van der Waals surface area contributed by atoms with Crippen LogP contribution < -0.4 is 46.1 Å². The zero-order valence-corrected chi connectivity index (χ0v) is 6.76. The molecular weight excluding hydrogens is 119 g/mol. The van der Waals surface area contributed by atoms with Gasteiger partial charge in [-0.2, -0.15) is 0 Å². The van der Waals surface area contributed by atoms with Crippen molar-refractivity contribution in [3.63, 3.8) is 0 Å². The second-order valence-corrected chi connectivity index (χ2v) is 1.16. The van der Waals surface area contributed by atoms with Crippen LogP contribution in [0, 0.1) is 0 Å². The van der Waals surface area contributed by atoms with Gasteiger partial charge >= 0.3 is 29.6 Å². The first-order valence-electron chi connectivity index (χ1n) is 1.85. The van der Waals surface area contributed by atoms with Crippen molar-refractivity contribution in [1.29, 1.82) is 0 Å². The molecule has 0 aliphatic heterocycles. The van der Waals surface area contributed by atoms with E-state index in [1.54, 1.807) is 0 Å². The first kappa shape index (κ1) is 11.2. The van der Waals surface area contributed by atoms with Gasteiger partial charge in [0.1, 0.15) is 0 Å². The third-order valence-corrected chi connectivity index (χ3v) is 0.557. The van der Waals surface area contributed by atoms with E-state index in [1.165, 1.54) is 0 Å².